The van der Waals surface area contributed by atoms with E-state index in [4.69, 9.17) is 37.0 Å². The monoisotopic (exact) mass is 1110 g/mol. The first-order valence-electron chi connectivity index (χ1n) is 29.5. The molecule has 0 aliphatic rings. The lowest BCUT2D eigenvalue weighted by atomic mass is 10.00. The van der Waals surface area contributed by atoms with Gasteiger partial charge < -0.3 is 33.8 Å². The van der Waals surface area contributed by atoms with E-state index < -0.39 is 97.5 Å². The maximum atomic E-state index is 12.9. The van der Waals surface area contributed by atoms with Crippen LogP contribution in [0.4, 0.5) is 0 Å². The average Bonchev–Trinajstić information content (AvgIpc) is 3.37. The fourth-order valence-electron chi connectivity index (χ4n) is 8.08. The molecule has 19 heteroatoms. The van der Waals surface area contributed by atoms with E-state index in [0.29, 0.717) is 31.6 Å². The van der Waals surface area contributed by atoms with Crippen LogP contribution in [0.1, 0.15) is 266 Å². The summed E-state index contributed by atoms with van der Waals surface area (Å²) in [4.78, 5) is 71.6. The van der Waals surface area contributed by atoms with Crippen molar-refractivity contribution in [2.24, 2.45) is 11.8 Å². The number of hydrogen-bond donors (Lipinski definition) is 3. The number of aliphatic hydroxyl groups excluding tert-OH is 1. The normalized spacial score (nSPS) is 14.9. The van der Waals surface area contributed by atoms with Gasteiger partial charge in [0.1, 0.15) is 19.3 Å². The summed E-state index contributed by atoms with van der Waals surface area (Å²) in [6, 6.07) is 0. The van der Waals surface area contributed by atoms with Crippen LogP contribution >= 0.6 is 15.6 Å². The van der Waals surface area contributed by atoms with Crippen LogP contribution in [0.3, 0.4) is 0 Å². The van der Waals surface area contributed by atoms with E-state index in [9.17, 15) is 43.2 Å². The third-order valence-electron chi connectivity index (χ3n) is 13.1. The molecule has 0 saturated heterocycles. The highest BCUT2D eigenvalue weighted by Gasteiger charge is 2.30. The van der Waals surface area contributed by atoms with Crippen LogP contribution < -0.4 is 0 Å². The molecule has 0 fully saturated rings. The summed E-state index contributed by atoms with van der Waals surface area (Å²) in [5.41, 5.74) is 0. The molecule has 0 aromatic rings. The van der Waals surface area contributed by atoms with E-state index in [-0.39, 0.29) is 25.7 Å². The molecule has 0 aromatic carbocycles. The van der Waals surface area contributed by atoms with Gasteiger partial charge in [0.25, 0.3) is 0 Å². The van der Waals surface area contributed by atoms with Crippen molar-refractivity contribution in [1.29, 1.82) is 0 Å². The van der Waals surface area contributed by atoms with E-state index >= 15 is 0 Å². The van der Waals surface area contributed by atoms with E-state index in [2.05, 4.69) is 41.5 Å². The SMILES string of the molecule is CCCCCCCCCCC(=O)OC[C@H](COP(=O)(O)OC[C@H](O)COP(=O)(O)OC[C@@H](COC(=O)CCCCCCCCC(C)C)OC(=O)CCCCCCCCC(C)CC)OC(=O)CCCCCCCCCC. The van der Waals surface area contributed by atoms with Gasteiger partial charge in [-0.3, -0.25) is 37.3 Å². The number of rotatable bonds is 55. The Bertz CT molecular complexity index is 1500. The number of carbonyl (C=O) groups is 4. The number of esters is 4. The van der Waals surface area contributed by atoms with Crippen LogP contribution in [0.15, 0.2) is 0 Å². The van der Waals surface area contributed by atoms with Crippen LogP contribution in [0.25, 0.3) is 0 Å². The summed E-state index contributed by atoms with van der Waals surface area (Å²) in [5, 5.41) is 10.5. The first-order valence-corrected chi connectivity index (χ1v) is 32.5. The molecule has 0 radical (unpaired) electrons. The second-order valence-electron chi connectivity index (χ2n) is 21.0. The molecule has 0 aromatic heterocycles. The number of phosphoric acid groups is 2. The minimum absolute atomic E-state index is 0.102. The number of ether oxygens (including phenoxy) is 4. The van der Waals surface area contributed by atoms with Crippen LogP contribution in [0.5, 0.6) is 0 Å². The smallest absolute Gasteiger partial charge is 0.462 e. The number of carbonyl (C=O) groups excluding carboxylic acids is 4. The van der Waals surface area contributed by atoms with Crippen molar-refractivity contribution in [1.82, 2.24) is 0 Å². The number of unbranched alkanes of at least 4 members (excludes halogenated alkanes) is 24. The topological polar surface area (TPSA) is 237 Å². The minimum atomic E-state index is -4.93. The minimum Gasteiger partial charge on any atom is -0.462 e. The summed E-state index contributed by atoms with van der Waals surface area (Å²) in [5.74, 6) is -0.755. The second-order valence-corrected chi connectivity index (χ2v) is 23.9. The van der Waals surface area contributed by atoms with Gasteiger partial charge in [0.2, 0.25) is 0 Å². The molecule has 0 spiro atoms. The Hall–Kier alpha value is -1.94. The molecule has 0 amide bonds. The summed E-state index contributed by atoms with van der Waals surface area (Å²) in [6.45, 7) is 9.24. The van der Waals surface area contributed by atoms with E-state index in [1.807, 2.05) is 0 Å². The van der Waals surface area contributed by atoms with E-state index in [0.717, 1.165) is 115 Å². The molecule has 0 rings (SSSR count). The van der Waals surface area contributed by atoms with Crippen LogP contribution in [0.2, 0.25) is 0 Å². The molecule has 17 nitrogen and oxygen atoms in total. The highest BCUT2D eigenvalue weighted by molar-refractivity contribution is 7.47. The van der Waals surface area contributed by atoms with Crippen molar-refractivity contribution >= 4 is 39.5 Å². The predicted molar refractivity (Wildman–Crippen MR) is 294 cm³/mol. The number of aliphatic hydroxyl groups is 1. The Morgan fingerprint density at radius 2 is 0.680 bits per heavy atom. The van der Waals surface area contributed by atoms with Gasteiger partial charge in [-0.2, -0.15) is 0 Å². The highest BCUT2D eigenvalue weighted by Crippen LogP contribution is 2.45. The molecule has 444 valence electrons. The Morgan fingerprint density at radius 3 is 1.01 bits per heavy atom. The molecule has 0 saturated carbocycles. The third-order valence-corrected chi connectivity index (χ3v) is 15.0. The maximum Gasteiger partial charge on any atom is 0.472 e. The van der Waals surface area contributed by atoms with Gasteiger partial charge in [-0.1, -0.05) is 215 Å². The van der Waals surface area contributed by atoms with Crippen LogP contribution in [0, 0.1) is 11.8 Å². The van der Waals surface area contributed by atoms with Crippen molar-refractivity contribution in [2.45, 2.75) is 285 Å². The first kappa shape index (κ1) is 73.1. The number of hydrogen-bond acceptors (Lipinski definition) is 15. The lowest BCUT2D eigenvalue weighted by Crippen LogP contribution is -2.30. The Labute approximate surface area is 454 Å². The fourth-order valence-corrected chi connectivity index (χ4v) is 9.66. The quantitative estimate of drug-likeness (QED) is 0.0222. The summed E-state index contributed by atoms with van der Waals surface area (Å²) >= 11 is 0. The van der Waals surface area contributed by atoms with E-state index in [1.54, 1.807) is 0 Å². The maximum absolute atomic E-state index is 12.9. The van der Waals surface area contributed by atoms with Crippen molar-refractivity contribution < 1.29 is 80.2 Å². The molecule has 0 aliphatic carbocycles. The molecular formula is C56H108O17P2. The zero-order valence-electron chi connectivity index (χ0n) is 47.8. The average molecular weight is 1120 g/mol. The first-order chi connectivity index (χ1) is 35.9. The Morgan fingerprint density at radius 1 is 0.387 bits per heavy atom. The van der Waals surface area contributed by atoms with Gasteiger partial charge in [0.05, 0.1) is 26.4 Å². The summed E-state index contributed by atoms with van der Waals surface area (Å²) < 4.78 is 67.5. The fraction of sp³-hybridized carbons (Fsp3) is 0.929. The third kappa shape index (κ3) is 50.1. The second kappa shape index (κ2) is 49.1. The highest BCUT2D eigenvalue weighted by atomic mass is 31.2. The van der Waals surface area contributed by atoms with E-state index in [1.165, 1.54) is 64.2 Å². The van der Waals surface area contributed by atoms with Crippen molar-refractivity contribution in [2.75, 3.05) is 39.6 Å². The zero-order valence-corrected chi connectivity index (χ0v) is 49.6. The van der Waals surface area contributed by atoms with Gasteiger partial charge in [0, 0.05) is 25.7 Å². The molecule has 0 heterocycles. The van der Waals surface area contributed by atoms with Crippen molar-refractivity contribution in [3.8, 4) is 0 Å². The summed E-state index contributed by atoms with van der Waals surface area (Å²) in [6.07, 6.45) is 28.3. The molecular weight excluding hydrogens is 1010 g/mol. The van der Waals surface area contributed by atoms with Crippen molar-refractivity contribution in [3.05, 3.63) is 0 Å². The molecule has 6 atom stereocenters. The lowest BCUT2D eigenvalue weighted by Gasteiger charge is -2.21. The van der Waals surface area contributed by atoms with Gasteiger partial charge in [-0.05, 0) is 37.5 Å². The predicted octanol–water partition coefficient (Wildman–Crippen LogP) is 14.5. The van der Waals surface area contributed by atoms with Gasteiger partial charge in [-0.15, -0.1) is 0 Å². The molecule has 75 heavy (non-hydrogen) atoms. The van der Waals surface area contributed by atoms with Crippen molar-refractivity contribution in [3.63, 3.8) is 0 Å². The van der Waals surface area contributed by atoms with Crippen LogP contribution in [-0.4, -0.2) is 96.7 Å². The number of phosphoric ester groups is 2. The molecule has 0 bridgehead atoms. The lowest BCUT2D eigenvalue weighted by molar-refractivity contribution is -0.161. The van der Waals surface area contributed by atoms with Gasteiger partial charge in [0.15, 0.2) is 12.2 Å². The molecule has 3 N–H and O–H groups in total. The Balaban J connectivity index is 5.22. The largest absolute Gasteiger partial charge is 0.472 e. The van der Waals surface area contributed by atoms with Gasteiger partial charge >= 0.3 is 39.5 Å². The molecule has 0 aliphatic heterocycles. The standard InChI is InChI=1S/C56H108O17P2/c1-7-10-12-14-16-18-26-32-38-53(58)66-44-51(72-55(60)40-34-28-19-17-15-13-11-8-2)46-70-74(62,63)68-42-50(57)43-69-75(64,65)71-47-52(45-67-54(59)39-33-27-22-20-24-30-36-48(4)5)73-56(61)41-35-29-23-21-25-31-37-49(6)9-3/h48-52,57H,7-47H2,1-6H3,(H,62,63)(H,64,65)/t49?,50-,51+,52+/m0/s1. The van der Waals surface area contributed by atoms with Gasteiger partial charge in [-0.25, -0.2) is 9.13 Å². The zero-order chi connectivity index (χ0) is 55.8. The summed E-state index contributed by atoms with van der Waals surface area (Å²) in [7, 11) is -9.86. The van der Waals surface area contributed by atoms with Crippen LogP contribution in [-0.2, 0) is 65.4 Å². The Kier molecular flexibility index (Phi) is 47.9. The molecule has 3 unspecified atom stereocenters.